The van der Waals surface area contributed by atoms with E-state index in [0.29, 0.717) is 12.2 Å². The monoisotopic (exact) mass is 255 g/mol. The molecule has 0 spiro atoms. The van der Waals surface area contributed by atoms with Gasteiger partial charge in [0.05, 0.1) is 0 Å². The molecule has 4 heteroatoms. The maximum Gasteiger partial charge on any atom is 0.221 e. The SMILES string of the molecule is CC[C@@H](C)NC(=O)CCSc1ccc(F)cc1. The maximum atomic E-state index is 12.6. The number of hydrogen-bond acceptors (Lipinski definition) is 2. The largest absolute Gasteiger partial charge is 0.354 e. The molecule has 1 amide bonds. The zero-order valence-corrected chi connectivity index (χ0v) is 11.0. The molecule has 0 unspecified atom stereocenters. The van der Waals surface area contributed by atoms with Crippen molar-refractivity contribution in [3.8, 4) is 0 Å². The van der Waals surface area contributed by atoms with Crippen LogP contribution < -0.4 is 5.32 Å². The third kappa shape index (κ3) is 5.73. The lowest BCUT2D eigenvalue weighted by atomic mass is 10.2. The molecule has 2 nitrogen and oxygen atoms in total. The molecule has 0 aromatic heterocycles. The fourth-order valence-electron chi connectivity index (χ4n) is 1.24. The molecule has 0 bridgehead atoms. The van der Waals surface area contributed by atoms with E-state index in [1.54, 1.807) is 23.9 Å². The number of hydrogen-bond donors (Lipinski definition) is 1. The molecule has 1 aromatic carbocycles. The molecule has 0 aliphatic heterocycles. The van der Waals surface area contributed by atoms with E-state index in [1.807, 2.05) is 13.8 Å². The van der Waals surface area contributed by atoms with Gasteiger partial charge in [0, 0.05) is 23.1 Å². The first-order valence-electron chi connectivity index (χ1n) is 5.79. The molecule has 0 radical (unpaired) electrons. The van der Waals surface area contributed by atoms with Crippen LogP contribution in [0.25, 0.3) is 0 Å². The van der Waals surface area contributed by atoms with E-state index in [4.69, 9.17) is 0 Å². The van der Waals surface area contributed by atoms with Crippen LogP contribution >= 0.6 is 11.8 Å². The van der Waals surface area contributed by atoms with E-state index < -0.39 is 0 Å². The minimum Gasteiger partial charge on any atom is -0.354 e. The topological polar surface area (TPSA) is 29.1 Å². The normalized spacial score (nSPS) is 12.2. The predicted molar refractivity (Wildman–Crippen MR) is 69.6 cm³/mol. The van der Waals surface area contributed by atoms with Gasteiger partial charge in [-0.25, -0.2) is 4.39 Å². The molecule has 0 aliphatic carbocycles. The van der Waals surface area contributed by atoms with Gasteiger partial charge >= 0.3 is 0 Å². The second-order valence-corrected chi connectivity index (χ2v) is 5.10. The highest BCUT2D eigenvalue weighted by Gasteiger charge is 2.05. The first-order valence-corrected chi connectivity index (χ1v) is 6.78. The number of nitrogens with one attached hydrogen (secondary N) is 1. The average molecular weight is 255 g/mol. The van der Waals surface area contributed by atoms with Crippen molar-refractivity contribution in [2.75, 3.05) is 5.75 Å². The Morgan fingerprint density at radius 3 is 2.65 bits per heavy atom. The molecule has 1 rings (SSSR count). The molecule has 0 aliphatic rings. The lowest BCUT2D eigenvalue weighted by molar-refractivity contribution is -0.121. The van der Waals surface area contributed by atoms with E-state index >= 15 is 0 Å². The van der Waals surface area contributed by atoms with Crippen LogP contribution in [0.2, 0.25) is 0 Å². The van der Waals surface area contributed by atoms with Crippen LogP contribution in [0.5, 0.6) is 0 Å². The summed E-state index contributed by atoms with van der Waals surface area (Å²) in [6.07, 6.45) is 1.43. The lowest BCUT2D eigenvalue weighted by Crippen LogP contribution is -2.32. The Hall–Kier alpha value is -1.03. The van der Waals surface area contributed by atoms with Gasteiger partial charge in [0.25, 0.3) is 0 Å². The van der Waals surface area contributed by atoms with Crippen LogP contribution in [0, 0.1) is 5.82 Å². The van der Waals surface area contributed by atoms with Gasteiger partial charge in [-0.2, -0.15) is 0 Å². The van der Waals surface area contributed by atoms with E-state index in [-0.39, 0.29) is 17.8 Å². The molecular formula is C13H18FNOS. The van der Waals surface area contributed by atoms with Crippen molar-refractivity contribution >= 4 is 17.7 Å². The van der Waals surface area contributed by atoms with Crippen molar-refractivity contribution in [3.63, 3.8) is 0 Å². The summed E-state index contributed by atoms with van der Waals surface area (Å²) < 4.78 is 12.6. The zero-order chi connectivity index (χ0) is 12.7. The summed E-state index contributed by atoms with van der Waals surface area (Å²) in [6.45, 7) is 4.03. The van der Waals surface area contributed by atoms with Crippen molar-refractivity contribution < 1.29 is 9.18 Å². The summed E-state index contributed by atoms with van der Waals surface area (Å²) in [4.78, 5) is 12.5. The van der Waals surface area contributed by atoms with Gasteiger partial charge < -0.3 is 5.32 Å². The fourth-order valence-corrected chi connectivity index (χ4v) is 2.09. The standard InChI is InChI=1S/C13H18FNOS/c1-3-10(2)15-13(16)8-9-17-12-6-4-11(14)5-7-12/h4-7,10H,3,8-9H2,1-2H3,(H,15,16)/t10-/m1/s1. The van der Waals surface area contributed by atoms with E-state index in [1.165, 1.54) is 12.1 Å². The van der Waals surface area contributed by atoms with Crippen molar-refractivity contribution in [2.45, 2.75) is 37.6 Å². The Morgan fingerprint density at radius 2 is 2.06 bits per heavy atom. The first kappa shape index (κ1) is 14.0. The van der Waals surface area contributed by atoms with Gasteiger partial charge in [0.1, 0.15) is 5.82 Å². The highest BCUT2D eigenvalue weighted by Crippen LogP contribution is 2.18. The Bertz CT molecular complexity index is 353. The van der Waals surface area contributed by atoms with Gasteiger partial charge in [0.15, 0.2) is 0 Å². The second-order valence-electron chi connectivity index (χ2n) is 3.93. The van der Waals surface area contributed by atoms with Crippen LogP contribution in [0.4, 0.5) is 4.39 Å². The number of rotatable bonds is 6. The summed E-state index contributed by atoms with van der Waals surface area (Å²) in [7, 11) is 0. The van der Waals surface area contributed by atoms with Crippen molar-refractivity contribution in [2.24, 2.45) is 0 Å². The molecular weight excluding hydrogens is 237 g/mol. The van der Waals surface area contributed by atoms with Gasteiger partial charge in [-0.05, 0) is 37.6 Å². The van der Waals surface area contributed by atoms with Crippen LogP contribution in [-0.2, 0) is 4.79 Å². The molecule has 1 atom stereocenters. The quantitative estimate of drug-likeness (QED) is 0.791. The van der Waals surface area contributed by atoms with Crippen LogP contribution in [0.1, 0.15) is 26.7 Å². The Morgan fingerprint density at radius 1 is 1.41 bits per heavy atom. The number of thioether (sulfide) groups is 1. The minimum absolute atomic E-state index is 0.0777. The molecule has 94 valence electrons. The number of halogens is 1. The van der Waals surface area contributed by atoms with Crippen molar-refractivity contribution in [3.05, 3.63) is 30.1 Å². The molecule has 0 fully saturated rings. The van der Waals surface area contributed by atoms with Crippen molar-refractivity contribution in [1.82, 2.24) is 5.32 Å². The number of amides is 1. The van der Waals surface area contributed by atoms with Gasteiger partial charge in [-0.3, -0.25) is 4.79 Å². The van der Waals surface area contributed by atoms with Gasteiger partial charge in [-0.15, -0.1) is 11.8 Å². The highest BCUT2D eigenvalue weighted by atomic mass is 32.2. The van der Waals surface area contributed by atoms with Crippen molar-refractivity contribution in [1.29, 1.82) is 0 Å². The highest BCUT2D eigenvalue weighted by molar-refractivity contribution is 7.99. The smallest absolute Gasteiger partial charge is 0.221 e. The Labute approximate surface area is 106 Å². The summed E-state index contributed by atoms with van der Waals surface area (Å²) >= 11 is 1.56. The third-order valence-electron chi connectivity index (χ3n) is 2.43. The molecule has 1 N–H and O–H groups in total. The maximum absolute atomic E-state index is 12.6. The Balaban J connectivity index is 2.23. The van der Waals surface area contributed by atoms with Gasteiger partial charge in [-0.1, -0.05) is 6.92 Å². The molecule has 0 heterocycles. The molecule has 1 aromatic rings. The van der Waals surface area contributed by atoms with Crippen LogP contribution in [0.15, 0.2) is 29.2 Å². The first-order chi connectivity index (χ1) is 8.11. The summed E-state index contributed by atoms with van der Waals surface area (Å²) in [5, 5.41) is 2.91. The van der Waals surface area contributed by atoms with Crippen LogP contribution in [-0.4, -0.2) is 17.7 Å². The van der Waals surface area contributed by atoms with Crippen LogP contribution in [0.3, 0.4) is 0 Å². The fraction of sp³-hybridized carbons (Fsp3) is 0.462. The minimum atomic E-state index is -0.233. The van der Waals surface area contributed by atoms with Gasteiger partial charge in [0.2, 0.25) is 5.91 Å². The summed E-state index contributed by atoms with van der Waals surface area (Å²) in [6, 6.07) is 6.56. The summed E-state index contributed by atoms with van der Waals surface area (Å²) in [5.74, 6) is 0.561. The second kappa shape index (κ2) is 7.33. The zero-order valence-electron chi connectivity index (χ0n) is 10.2. The molecule has 0 saturated carbocycles. The van der Waals surface area contributed by atoms with E-state index in [9.17, 15) is 9.18 Å². The average Bonchev–Trinajstić information content (AvgIpc) is 2.31. The lowest BCUT2D eigenvalue weighted by Gasteiger charge is -2.10. The Kier molecular flexibility index (Phi) is 6.05. The van der Waals surface area contributed by atoms with E-state index in [2.05, 4.69) is 5.32 Å². The predicted octanol–water partition coefficient (Wildman–Crippen LogP) is 3.22. The van der Waals surface area contributed by atoms with E-state index in [0.717, 1.165) is 11.3 Å². The number of carbonyl (C=O) groups excluding carboxylic acids is 1. The third-order valence-corrected chi connectivity index (χ3v) is 3.44. The summed E-state index contributed by atoms with van der Waals surface area (Å²) in [5.41, 5.74) is 0. The number of benzene rings is 1. The molecule has 0 saturated heterocycles. The molecule has 17 heavy (non-hydrogen) atoms. The number of carbonyl (C=O) groups is 1.